The van der Waals surface area contributed by atoms with Gasteiger partial charge in [0.2, 0.25) is 0 Å². The largest absolute Gasteiger partial charge is 0.469 e. The third kappa shape index (κ3) is 1.51. The van der Waals surface area contributed by atoms with Crippen LogP contribution in [0.25, 0.3) is 0 Å². The van der Waals surface area contributed by atoms with Crippen molar-refractivity contribution in [1.29, 1.82) is 0 Å². The summed E-state index contributed by atoms with van der Waals surface area (Å²) in [7, 11) is 2.74. The van der Waals surface area contributed by atoms with E-state index >= 15 is 0 Å². The molecule has 1 N–H and O–H groups in total. The van der Waals surface area contributed by atoms with E-state index < -0.39 is 16.9 Å². The van der Waals surface area contributed by atoms with E-state index in [9.17, 15) is 14.7 Å². The predicted octanol–water partition coefficient (Wildman–Crippen LogP) is 0.890. The molecule has 5 heteroatoms. The number of rotatable bonds is 2. The molecule has 4 aliphatic rings. The number of carbonyl (C=O) groups is 2. The number of aliphatic hydroxyl groups is 1. The van der Waals surface area contributed by atoms with Crippen LogP contribution in [0.2, 0.25) is 0 Å². The molecule has 1 unspecified atom stereocenters. The Balaban J connectivity index is 2.03. The molecule has 5 atom stereocenters. The first kappa shape index (κ1) is 12.9. The summed E-state index contributed by atoms with van der Waals surface area (Å²) >= 11 is 0. The summed E-state index contributed by atoms with van der Waals surface area (Å²) < 4.78 is 9.87. The molecule has 0 heterocycles. The van der Waals surface area contributed by atoms with E-state index in [1.54, 1.807) is 0 Å². The lowest BCUT2D eigenvalue weighted by molar-refractivity contribution is -0.218. The Morgan fingerprint density at radius 1 is 1.11 bits per heavy atom. The van der Waals surface area contributed by atoms with Gasteiger partial charge in [-0.15, -0.1) is 0 Å². The zero-order chi connectivity index (χ0) is 13.8. The molecule has 4 saturated carbocycles. The second-order valence-corrected chi connectivity index (χ2v) is 6.52. The minimum atomic E-state index is -0.896. The normalized spacial score (nSPS) is 47.0. The van der Waals surface area contributed by atoms with Gasteiger partial charge >= 0.3 is 11.9 Å². The maximum atomic E-state index is 12.2. The van der Waals surface area contributed by atoms with Crippen LogP contribution in [0.1, 0.15) is 32.1 Å². The van der Waals surface area contributed by atoms with E-state index in [-0.39, 0.29) is 17.9 Å². The first-order valence-electron chi connectivity index (χ1n) is 6.82. The van der Waals surface area contributed by atoms with Gasteiger partial charge in [0.15, 0.2) is 0 Å². The van der Waals surface area contributed by atoms with Gasteiger partial charge in [-0.1, -0.05) is 0 Å². The number of hydrogen-bond donors (Lipinski definition) is 1. The fraction of sp³-hybridized carbons (Fsp3) is 0.857. The Hall–Kier alpha value is -1.10. The summed E-state index contributed by atoms with van der Waals surface area (Å²) in [5.74, 6) is -0.280. The van der Waals surface area contributed by atoms with Crippen LogP contribution >= 0.6 is 0 Å². The molecule has 0 spiro atoms. The summed E-state index contributed by atoms with van der Waals surface area (Å²) in [6.45, 7) is 0. The van der Waals surface area contributed by atoms with Crippen molar-refractivity contribution < 1.29 is 24.2 Å². The van der Waals surface area contributed by atoms with E-state index in [4.69, 9.17) is 9.47 Å². The van der Waals surface area contributed by atoms with Crippen LogP contribution < -0.4 is 0 Å². The standard InChI is InChI=1S/C14H20O5/c1-18-11(16)13-4-8-3-9(6-13)10(15)14(5-8,7-13)12(17)19-2/h8-10,15H,3-7H2,1-2H3/t8-,9+,10?,13+,14+/m0/s1. The number of hydrogen-bond acceptors (Lipinski definition) is 5. The van der Waals surface area contributed by atoms with Crippen LogP contribution in [0.15, 0.2) is 0 Å². The molecule has 0 amide bonds. The SMILES string of the molecule is COC(=O)[C@]12C[C@@H]3C[C@H](C1)C(O)[C@@](C(=O)OC)(C3)C2. The van der Waals surface area contributed by atoms with E-state index in [2.05, 4.69) is 0 Å². The molecule has 4 rings (SSSR count). The highest BCUT2D eigenvalue weighted by molar-refractivity contribution is 5.83. The van der Waals surface area contributed by atoms with Gasteiger partial charge in [-0.3, -0.25) is 9.59 Å². The first-order valence-corrected chi connectivity index (χ1v) is 6.82. The Morgan fingerprint density at radius 2 is 1.79 bits per heavy atom. The van der Waals surface area contributed by atoms with Crippen LogP contribution in [0.5, 0.6) is 0 Å². The van der Waals surface area contributed by atoms with Gasteiger partial charge in [0.05, 0.1) is 31.2 Å². The molecule has 0 aromatic carbocycles. The van der Waals surface area contributed by atoms with Crippen molar-refractivity contribution in [2.24, 2.45) is 22.7 Å². The number of esters is 2. The number of methoxy groups -OCH3 is 2. The van der Waals surface area contributed by atoms with Gasteiger partial charge < -0.3 is 14.6 Å². The average molecular weight is 268 g/mol. The summed E-state index contributed by atoms with van der Waals surface area (Å²) in [4.78, 5) is 24.4. The van der Waals surface area contributed by atoms with Crippen molar-refractivity contribution in [1.82, 2.24) is 0 Å². The topological polar surface area (TPSA) is 72.8 Å². The van der Waals surface area contributed by atoms with Gasteiger partial charge in [-0.25, -0.2) is 0 Å². The zero-order valence-electron chi connectivity index (χ0n) is 11.3. The predicted molar refractivity (Wildman–Crippen MR) is 65.0 cm³/mol. The third-order valence-electron chi connectivity index (χ3n) is 5.50. The molecule has 0 saturated heterocycles. The average Bonchev–Trinajstić information content (AvgIpc) is 2.41. The highest BCUT2D eigenvalue weighted by atomic mass is 16.5. The van der Waals surface area contributed by atoms with Crippen LogP contribution in [0.4, 0.5) is 0 Å². The van der Waals surface area contributed by atoms with Gasteiger partial charge in [0.1, 0.15) is 0 Å². The molecular weight excluding hydrogens is 248 g/mol. The van der Waals surface area contributed by atoms with Gasteiger partial charge in [-0.05, 0) is 43.9 Å². The molecule has 4 bridgehead atoms. The van der Waals surface area contributed by atoms with E-state index in [0.29, 0.717) is 25.2 Å². The molecule has 0 aliphatic heterocycles. The quantitative estimate of drug-likeness (QED) is 0.753. The van der Waals surface area contributed by atoms with Crippen LogP contribution in [-0.2, 0) is 19.1 Å². The summed E-state index contributed by atoms with van der Waals surface area (Å²) in [6, 6.07) is 0. The monoisotopic (exact) mass is 268 g/mol. The first-order chi connectivity index (χ1) is 8.97. The van der Waals surface area contributed by atoms with Crippen LogP contribution in [0, 0.1) is 22.7 Å². The molecule has 0 aromatic rings. The summed E-state index contributed by atoms with van der Waals surface area (Å²) in [6.07, 6.45) is 2.63. The van der Waals surface area contributed by atoms with Gasteiger partial charge in [0, 0.05) is 0 Å². The second kappa shape index (κ2) is 3.95. The Kier molecular flexibility index (Phi) is 2.68. The van der Waals surface area contributed by atoms with Crippen molar-refractivity contribution in [2.75, 3.05) is 14.2 Å². The molecule has 106 valence electrons. The van der Waals surface area contributed by atoms with Crippen molar-refractivity contribution in [3.63, 3.8) is 0 Å². The lowest BCUT2D eigenvalue weighted by Gasteiger charge is -2.61. The maximum absolute atomic E-state index is 12.2. The van der Waals surface area contributed by atoms with Crippen LogP contribution in [0.3, 0.4) is 0 Å². The molecular formula is C14H20O5. The Bertz CT molecular complexity index is 434. The molecule has 4 fully saturated rings. The van der Waals surface area contributed by atoms with E-state index in [0.717, 1.165) is 12.8 Å². The summed E-state index contributed by atoms with van der Waals surface area (Å²) in [5.41, 5.74) is -1.49. The summed E-state index contributed by atoms with van der Waals surface area (Å²) in [5, 5.41) is 10.5. The smallest absolute Gasteiger partial charge is 0.314 e. The van der Waals surface area contributed by atoms with Crippen molar-refractivity contribution in [3.8, 4) is 0 Å². The van der Waals surface area contributed by atoms with Crippen molar-refractivity contribution in [2.45, 2.75) is 38.2 Å². The second-order valence-electron chi connectivity index (χ2n) is 6.52. The lowest BCUT2D eigenvalue weighted by Crippen LogP contribution is -2.64. The lowest BCUT2D eigenvalue weighted by atomic mass is 9.43. The van der Waals surface area contributed by atoms with E-state index in [1.165, 1.54) is 14.2 Å². The van der Waals surface area contributed by atoms with Crippen molar-refractivity contribution in [3.05, 3.63) is 0 Å². The third-order valence-corrected chi connectivity index (χ3v) is 5.50. The van der Waals surface area contributed by atoms with Crippen molar-refractivity contribution >= 4 is 11.9 Å². The zero-order valence-corrected chi connectivity index (χ0v) is 11.3. The number of ether oxygens (including phenoxy) is 2. The van der Waals surface area contributed by atoms with Gasteiger partial charge in [0.25, 0.3) is 0 Å². The molecule has 0 aromatic heterocycles. The number of carbonyl (C=O) groups excluding carboxylic acids is 2. The highest BCUT2D eigenvalue weighted by Gasteiger charge is 2.68. The van der Waals surface area contributed by atoms with Gasteiger partial charge in [-0.2, -0.15) is 0 Å². The minimum Gasteiger partial charge on any atom is -0.469 e. The molecule has 4 aliphatic carbocycles. The Morgan fingerprint density at radius 3 is 2.42 bits per heavy atom. The molecule has 19 heavy (non-hydrogen) atoms. The van der Waals surface area contributed by atoms with E-state index in [1.807, 2.05) is 0 Å². The number of aliphatic hydroxyl groups excluding tert-OH is 1. The van der Waals surface area contributed by atoms with Crippen LogP contribution in [-0.4, -0.2) is 37.4 Å². The fourth-order valence-electron chi connectivity index (χ4n) is 5.08. The fourth-order valence-corrected chi connectivity index (χ4v) is 5.08. The molecule has 0 radical (unpaired) electrons. The minimum absolute atomic E-state index is 0.0134. The highest BCUT2D eigenvalue weighted by Crippen LogP contribution is 2.65. The molecule has 5 nitrogen and oxygen atoms in total. The Labute approximate surface area is 112 Å². The maximum Gasteiger partial charge on any atom is 0.314 e.